The topological polar surface area (TPSA) is 78.9 Å². The number of nitrogens with zero attached hydrogens (tertiary/aromatic N) is 1. The maximum atomic E-state index is 11.9. The number of nitrogens with one attached hydrogen (secondary N) is 1. The average molecular weight is 334 g/mol. The van der Waals surface area contributed by atoms with Crippen molar-refractivity contribution < 1.29 is 19.4 Å². The highest BCUT2D eigenvalue weighted by Crippen LogP contribution is 2.36. The summed E-state index contributed by atoms with van der Waals surface area (Å²) in [5.41, 5.74) is 0.743. The first-order valence-electron chi connectivity index (χ1n) is 8.23. The second-order valence-corrected chi connectivity index (χ2v) is 7.28. The van der Waals surface area contributed by atoms with Crippen LogP contribution in [-0.4, -0.2) is 41.3 Å². The molecule has 0 spiro atoms. The summed E-state index contributed by atoms with van der Waals surface area (Å²) in [6.45, 7) is 7.22. The Labute approximate surface area is 142 Å². The normalized spacial score (nSPS) is 20.7. The second-order valence-electron chi connectivity index (χ2n) is 7.28. The molecule has 1 saturated heterocycles. The molecular formula is C18H26N2O4. The van der Waals surface area contributed by atoms with Crippen LogP contribution in [0, 0.1) is 11.3 Å². The van der Waals surface area contributed by atoms with Gasteiger partial charge in [0, 0.05) is 19.1 Å². The molecule has 1 heterocycles. The summed E-state index contributed by atoms with van der Waals surface area (Å²) >= 11 is 0. The van der Waals surface area contributed by atoms with Crippen LogP contribution in [0.15, 0.2) is 30.3 Å². The van der Waals surface area contributed by atoms with Crippen molar-refractivity contribution in [1.29, 1.82) is 0 Å². The van der Waals surface area contributed by atoms with E-state index in [0.29, 0.717) is 13.1 Å². The predicted octanol–water partition coefficient (Wildman–Crippen LogP) is 3.33. The van der Waals surface area contributed by atoms with Crippen LogP contribution in [0.4, 0.5) is 9.59 Å². The minimum Gasteiger partial charge on any atom is -0.465 e. The molecule has 0 aromatic heterocycles. The third-order valence-corrected chi connectivity index (χ3v) is 4.38. The van der Waals surface area contributed by atoms with E-state index in [2.05, 4.69) is 5.32 Å². The van der Waals surface area contributed by atoms with Gasteiger partial charge in [0.15, 0.2) is 0 Å². The van der Waals surface area contributed by atoms with E-state index < -0.39 is 12.2 Å². The Bertz CT molecular complexity index is 568. The number of carbonyl (C=O) groups is 2. The van der Waals surface area contributed by atoms with Gasteiger partial charge in [-0.1, -0.05) is 51.1 Å². The van der Waals surface area contributed by atoms with Gasteiger partial charge in [-0.25, -0.2) is 9.59 Å². The number of amides is 2. The Hall–Kier alpha value is -2.24. The lowest BCUT2D eigenvalue weighted by molar-refractivity contribution is 0.0894. The van der Waals surface area contributed by atoms with Gasteiger partial charge in [0.25, 0.3) is 0 Å². The fraction of sp³-hybridized carbons (Fsp3) is 0.556. The highest BCUT2D eigenvalue weighted by atomic mass is 16.5. The molecule has 1 unspecified atom stereocenters. The molecule has 2 rings (SSSR count). The molecule has 1 fully saturated rings. The molecule has 132 valence electrons. The lowest BCUT2D eigenvalue weighted by Gasteiger charge is -2.37. The number of rotatable bonds is 4. The SMILES string of the molecule is CC(C)(C)C1[C@H](CNC(=O)OCc2ccccc2)CCN1C(=O)O. The van der Waals surface area contributed by atoms with Crippen LogP contribution in [0.1, 0.15) is 32.8 Å². The van der Waals surface area contributed by atoms with Crippen molar-refractivity contribution in [2.24, 2.45) is 11.3 Å². The Balaban J connectivity index is 1.86. The summed E-state index contributed by atoms with van der Waals surface area (Å²) in [7, 11) is 0. The number of benzene rings is 1. The van der Waals surface area contributed by atoms with Gasteiger partial charge >= 0.3 is 12.2 Å². The monoisotopic (exact) mass is 334 g/mol. The minimum atomic E-state index is -0.899. The first kappa shape index (κ1) is 18.1. The molecule has 6 heteroatoms. The number of hydrogen-bond donors (Lipinski definition) is 2. The van der Waals surface area contributed by atoms with Crippen molar-refractivity contribution in [3.63, 3.8) is 0 Å². The molecule has 0 aliphatic carbocycles. The second kappa shape index (κ2) is 7.55. The van der Waals surface area contributed by atoms with E-state index in [0.717, 1.165) is 12.0 Å². The van der Waals surface area contributed by atoms with Crippen LogP contribution in [0.2, 0.25) is 0 Å². The summed E-state index contributed by atoms with van der Waals surface area (Å²) in [4.78, 5) is 24.8. The van der Waals surface area contributed by atoms with Crippen LogP contribution in [0.3, 0.4) is 0 Å². The average Bonchev–Trinajstić information content (AvgIpc) is 2.96. The molecule has 2 N–H and O–H groups in total. The van der Waals surface area contributed by atoms with Gasteiger partial charge in [-0.05, 0) is 23.3 Å². The molecule has 1 aliphatic rings. The Morgan fingerprint density at radius 1 is 1.29 bits per heavy atom. The number of hydrogen-bond acceptors (Lipinski definition) is 3. The highest BCUT2D eigenvalue weighted by Gasteiger charge is 2.43. The van der Waals surface area contributed by atoms with E-state index >= 15 is 0 Å². The molecule has 0 bridgehead atoms. The van der Waals surface area contributed by atoms with E-state index in [9.17, 15) is 14.7 Å². The minimum absolute atomic E-state index is 0.0883. The van der Waals surface area contributed by atoms with Gasteiger partial charge in [-0.2, -0.15) is 0 Å². The van der Waals surface area contributed by atoms with Gasteiger partial charge in [0.05, 0.1) is 0 Å². The van der Waals surface area contributed by atoms with E-state index in [1.54, 1.807) is 0 Å². The van der Waals surface area contributed by atoms with Crippen LogP contribution in [0.25, 0.3) is 0 Å². The van der Waals surface area contributed by atoms with Crippen molar-refractivity contribution in [1.82, 2.24) is 10.2 Å². The van der Waals surface area contributed by atoms with Gasteiger partial charge in [-0.3, -0.25) is 0 Å². The van der Waals surface area contributed by atoms with Crippen LogP contribution < -0.4 is 5.32 Å². The number of ether oxygens (including phenoxy) is 1. The fourth-order valence-corrected chi connectivity index (χ4v) is 3.45. The first-order valence-corrected chi connectivity index (χ1v) is 8.23. The number of alkyl carbamates (subject to hydrolysis) is 1. The Kier molecular flexibility index (Phi) is 5.70. The maximum absolute atomic E-state index is 11.9. The molecule has 1 aromatic carbocycles. The summed E-state index contributed by atoms with van der Waals surface area (Å²) in [6, 6.07) is 9.36. The molecule has 2 amide bonds. The number of carboxylic acid groups (broad SMARTS) is 1. The smallest absolute Gasteiger partial charge is 0.407 e. The molecule has 24 heavy (non-hydrogen) atoms. The third-order valence-electron chi connectivity index (χ3n) is 4.38. The van der Waals surface area contributed by atoms with E-state index in [1.165, 1.54) is 4.90 Å². The maximum Gasteiger partial charge on any atom is 0.407 e. The fourth-order valence-electron chi connectivity index (χ4n) is 3.45. The van der Waals surface area contributed by atoms with E-state index in [4.69, 9.17) is 4.74 Å². The molecule has 1 aromatic rings. The number of carbonyl (C=O) groups excluding carboxylic acids is 1. The zero-order valence-electron chi connectivity index (χ0n) is 14.5. The van der Waals surface area contributed by atoms with Crippen molar-refractivity contribution in [3.05, 3.63) is 35.9 Å². The van der Waals surface area contributed by atoms with Crippen LogP contribution in [-0.2, 0) is 11.3 Å². The van der Waals surface area contributed by atoms with Crippen LogP contribution in [0.5, 0.6) is 0 Å². The van der Waals surface area contributed by atoms with E-state index in [-0.39, 0.29) is 24.0 Å². The molecule has 2 atom stereocenters. The van der Waals surface area contributed by atoms with Gasteiger partial charge < -0.3 is 20.1 Å². The Morgan fingerprint density at radius 2 is 1.96 bits per heavy atom. The predicted molar refractivity (Wildman–Crippen MR) is 90.7 cm³/mol. The standard InChI is InChI=1S/C18H26N2O4/c1-18(2,3)15-14(9-10-20(15)17(22)23)11-19-16(21)24-12-13-7-5-4-6-8-13/h4-8,14-15H,9-12H2,1-3H3,(H,19,21)(H,22,23)/t14-,15?/m0/s1. The summed E-state index contributed by atoms with van der Waals surface area (Å²) in [5.74, 6) is 0.0883. The Morgan fingerprint density at radius 3 is 2.54 bits per heavy atom. The number of likely N-dealkylation sites (tertiary alicyclic amines) is 1. The van der Waals surface area contributed by atoms with Crippen molar-refractivity contribution in [2.45, 2.75) is 39.8 Å². The van der Waals surface area contributed by atoms with Gasteiger partial charge in [0.1, 0.15) is 6.61 Å². The molecule has 0 radical (unpaired) electrons. The van der Waals surface area contributed by atoms with Gasteiger partial charge in [-0.15, -0.1) is 0 Å². The molecular weight excluding hydrogens is 308 g/mol. The van der Waals surface area contributed by atoms with E-state index in [1.807, 2.05) is 51.1 Å². The highest BCUT2D eigenvalue weighted by molar-refractivity contribution is 5.67. The largest absolute Gasteiger partial charge is 0.465 e. The lowest BCUT2D eigenvalue weighted by atomic mass is 9.79. The first-order chi connectivity index (χ1) is 11.3. The van der Waals surface area contributed by atoms with Crippen LogP contribution >= 0.6 is 0 Å². The summed E-state index contributed by atoms with van der Waals surface area (Å²) in [6.07, 6.45) is -0.628. The van der Waals surface area contributed by atoms with Crippen molar-refractivity contribution in [2.75, 3.05) is 13.1 Å². The zero-order chi connectivity index (χ0) is 17.7. The molecule has 6 nitrogen and oxygen atoms in total. The molecule has 1 aliphatic heterocycles. The summed E-state index contributed by atoms with van der Waals surface area (Å²) in [5, 5.41) is 12.1. The zero-order valence-corrected chi connectivity index (χ0v) is 14.5. The lowest BCUT2D eigenvalue weighted by Crippen LogP contribution is -2.47. The van der Waals surface area contributed by atoms with Crippen molar-refractivity contribution in [3.8, 4) is 0 Å². The quantitative estimate of drug-likeness (QED) is 0.885. The van der Waals surface area contributed by atoms with Crippen molar-refractivity contribution >= 4 is 12.2 Å². The third kappa shape index (κ3) is 4.63. The molecule has 0 saturated carbocycles. The van der Waals surface area contributed by atoms with Gasteiger partial charge in [0.2, 0.25) is 0 Å². The summed E-state index contributed by atoms with van der Waals surface area (Å²) < 4.78 is 5.20.